The lowest BCUT2D eigenvalue weighted by Gasteiger charge is -2.39. The highest BCUT2D eigenvalue weighted by Gasteiger charge is 2.43. The van der Waals surface area contributed by atoms with Crippen molar-refractivity contribution in [1.82, 2.24) is 5.32 Å². The van der Waals surface area contributed by atoms with Gasteiger partial charge in [-0.05, 0) is 54.7 Å². The number of rotatable bonds is 3. The number of ketones is 1. The Kier molecular flexibility index (Phi) is 5.61. The Morgan fingerprint density at radius 3 is 2.58 bits per heavy atom. The fourth-order valence-electron chi connectivity index (χ4n) is 5.13. The topological polar surface area (TPSA) is 76.7 Å². The van der Waals surface area contributed by atoms with Gasteiger partial charge in [0.25, 0.3) is 5.91 Å². The second-order valence-corrected chi connectivity index (χ2v) is 10.1. The monoisotopic (exact) mass is 498 g/mol. The normalized spacial score (nSPS) is 20.7. The number of hydrogen-bond donors (Lipinski definition) is 2. The molecule has 2 aliphatic heterocycles. The molecule has 1 aliphatic carbocycles. The van der Waals surface area contributed by atoms with Crippen molar-refractivity contribution in [3.05, 3.63) is 76.1 Å². The van der Waals surface area contributed by atoms with E-state index in [2.05, 4.69) is 10.6 Å². The van der Waals surface area contributed by atoms with Crippen LogP contribution in [0, 0.1) is 5.41 Å². The number of allylic oxidation sites excluding steroid dienone is 3. The van der Waals surface area contributed by atoms with Crippen LogP contribution in [0.15, 0.2) is 65.0 Å². The number of ether oxygens (including phenoxy) is 2. The maximum atomic E-state index is 13.6. The fraction of sp³-hybridized carbons (Fsp3) is 0.333. The summed E-state index contributed by atoms with van der Waals surface area (Å²) in [6.07, 6.45) is -3.61. The summed E-state index contributed by atoms with van der Waals surface area (Å²) in [6.45, 7) is 5.84. The Morgan fingerprint density at radius 2 is 1.83 bits per heavy atom. The number of hydrogen-bond acceptors (Lipinski definition) is 5. The molecule has 2 aromatic rings. The van der Waals surface area contributed by atoms with E-state index in [4.69, 9.17) is 9.47 Å². The second-order valence-electron chi connectivity index (χ2n) is 10.1. The van der Waals surface area contributed by atoms with Crippen molar-refractivity contribution in [2.45, 2.75) is 45.7 Å². The minimum atomic E-state index is -4.54. The van der Waals surface area contributed by atoms with Gasteiger partial charge < -0.3 is 20.1 Å². The highest BCUT2D eigenvalue weighted by Crippen LogP contribution is 2.48. The minimum absolute atomic E-state index is 0.00967. The molecule has 1 amide bonds. The summed E-state index contributed by atoms with van der Waals surface area (Å²) in [5.74, 6) is -0.315. The van der Waals surface area contributed by atoms with Gasteiger partial charge in [0.1, 0.15) is 0 Å². The molecule has 188 valence electrons. The molecule has 0 bridgehead atoms. The van der Waals surface area contributed by atoms with E-state index >= 15 is 0 Å². The first kappa shape index (κ1) is 24.0. The molecule has 0 saturated heterocycles. The quantitative estimate of drug-likeness (QED) is 0.570. The average molecular weight is 499 g/mol. The molecule has 3 aliphatic rings. The number of carbonyl (C=O) groups excluding carboxylic acids is 2. The first-order valence-corrected chi connectivity index (χ1v) is 11.6. The summed E-state index contributed by atoms with van der Waals surface area (Å²) in [5, 5.41) is 5.86. The second kappa shape index (κ2) is 8.43. The molecule has 0 radical (unpaired) electrons. The molecule has 0 aromatic heterocycles. The van der Waals surface area contributed by atoms with Crippen LogP contribution in [0.2, 0.25) is 0 Å². The van der Waals surface area contributed by atoms with Gasteiger partial charge in [0.05, 0.1) is 5.56 Å². The summed E-state index contributed by atoms with van der Waals surface area (Å²) >= 11 is 0. The lowest BCUT2D eigenvalue weighted by atomic mass is 9.68. The summed E-state index contributed by atoms with van der Waals surface area (Å²) < 4.78 is 50.6. The Hall–Kier alpha value is -3.75. The number of benzene rings is 2. The van der Waals surface area contributed by atoms with Crippen molar-refractivity contribution < 1.29 is 32.2 Å². The van der Waals surface area contributed by atoms with Crippen LogP contribution >= 0.6 is 0 Å². The summed E-state index contributed by atoms with van der Waals surface area (Å²) in [7, 11) is 0. The number of Topliss-reactive ketones (excluding diaryl/α,β-unsaturated/α-hetero) is 1. The van der Waals surface area contributed by atoms with Crippen molar-refractivity contribution in [3.8, 4) is 11.5 Å². The van der Waals surface area contributed by atoms with Gasteiger partial charge in [0, 0.05) is 40.6 Å². The average Bonchev–Trinajstić information content (AvgIpc) is 3.24. The molecule has 2 heterocycles. The van der Waals surface area contributed by atoms with E-state index in [1.54, 1.807) is 25.1 Å². The third-order valence-corrected chi connectivity index (χ3v) is 6.66. The number of anilines is 1. The Balaban J connectivity index is 1.58. The predicted octanol–water partition coefficient (Wildman–Crippen LogP) is 5.68. The fourth-order valence-corrected chi connectivity index (χ4v) is 5.13. The zero-order chi connectivity index (χ0) is 25.8. The van der Waals surface area contributed by atoms with Crippen molar-refractivity contribution in [2.24, 2.45) is 5.41 Å². The summed E-state index contributed by atoms with van der Waals surface area (Å²) in [4.78, 5) is 27.0. The molecule has 1 atom stereocenters. The molecule has 2 N–H and O–H groups in total. The summed E-state index contributed by atoms with van der Waals surface area (Å²) in [5.41, 5.74) is 1.60. The van der Waals surface area contributed by atoms with Crippen molar-refractivity contribution >= 4 is 17.4 Å². The number of dihydropyridines is 1. The number of fused-ring (bicyclic) bond motifs is 1. The van der Waals surface area contributed by atoms with Gasteiger partial charge >= 0.3 is 6.18 Å². The van der Waals surface area contributed by atoms with E-state index in [-0.39, 0.29) is 29.3 Å². The maximum absolute atomic E-state index is 13.6. The van der Waals surface area contributed by atoms with E-state index in [0.29, 0.717) is 41.2 Å². The highest BCUT2D eigenvalue weighted by atomic mass is 19.4. The standard InChI is InChI=1S/C27H25F3N2O4/c1-14-22(25(34)32-17-6-4-5-16(10-17)27(28,29)30)23(15-7-8-20-21(9-15)36-13-35-20)24-18(31-14)11-26(2,3)12-19(24)33/h4-10,23,31H,11-13H2,1-3H3,(H,32,34)/t23-/m1/s1. The third-order valence-electron chi connectivity index (χ3n) is 6.66. The van der Waals surface area contributed by atoms with Gasteiger partial charge in [-0.1, -0.05) is 26.0 Å². The highest BCUT2D eigenvalue weighted by molar-refractivity contribution is 6.10. The SMILES string of the molecule is CC1=C(C(=O)Nc2cccc(C(F)(F)F)c2)[C@@H](c2ccc3c(c2)OCO3)C2=C(CC(C)(C)CC2=O)N1. The van der Waals surface area contributed by atoms with Crippen LogP contribution in [0.1, 0.15) is 50.7 Å². The molecule has 0 fully saturated rings. The molecule has 0 unspecified atom stereocenters. The van der Waals surface area contributed by atoms with E-state index in [1.807, 2.05) is 13.8 Å². The molecule has 5 rings (SSSR count). The molecular weight excluding hydrogens is 473 g/mol. The van der Waals surface area contributed by atoms with Crippen LogP contribution in [0.5, 0.6) is 11.5 Å². The molecule has 6 nitrogen and oxygen atoms in total. The minimum Gasteiger partial charge on any atom is -0.454 e. The molecular formula is C27H25F3N2O4. The van der Waals surface area contributed by atoms with Crippen LogP contribution in [0.4, 0.5) is 18.9 Å². The largest absolute Gasteiger partial charge is 0.454 e. The number of nitrogens with one attached hydrogen (secondary N) is 2. The molecule has 9 heteroatoms. The van der Waals surface area contributed by atoms with E-state index in [1.165, 1.54) is 12.1 Å². The molecule has 0 saturated carbocycles. The van der Waals surface area contributed by atoms with Crippen LogP contribution in [-0.4, -0.2) is 18.5 Å². The molecule has 0 spiro atoms. The van der Waals surface area contributed by atoms with Gasteiger partial charge in [-0.3, -0.25) is 9.59 Å². The van der Waals surface area contributed by atoms with Gasteiger partial charge in [-0.15, -0.1) is 0 Å². The van der Waals surface area contributed by atoms with Crippen LogP contribution in [0.25, 0.3) is 0 Å². The van der Waals surface area contributed by atoms with Gasteiger partial charge in [0.2, 0.25) is 6.79 Å². The zero-order valence-electron chi connectivity index (χ0n) is 20.0. The zero-order valence-corrected chi connectivity index (χ0v) is 20.0. The Labute approximate surface area is 206 Å². The van der Waals surface area contributed by atoms with Gasteiger partial charge in [0.15, 0.2) is 17.3 Å². The number of amides is 1. The predicted molar refractivity (Wildman–Crippen MR) is 126 cm³/mol. The van der Waals surface area contributed by atoms with Crippen LogP contribution in [0.3, 0.4) is 0 Å². The Bertz CT molecular complexity index is 1340. The molecule has 36 heavy (non-hydrogen) atoms. The van der Waals surface area contributed by atoms with Gasteiger partial charge in [-0.2, -0.15) is 13.2 Å². The van der Waals surface area contributed by atoms with Crippen LogP contribution in [-0.2, 0) is 15.8 Å². The van der Waals surface area contributed by atoms with Crippen molar-refractivity contribution in [3.63, 3.8) is 0 Å². The van der Waals surface area contributed by atoms with Crippen LogP contribution < -0.4 is 20.1 Å². The third kappa shape index (κ3) is 4.34. The van der Waals surface area contributed by atoms with E-state index < -0.39 is 23.6 Å². The molecule has 2 aromatic carbocycles. The van der Waals surface area contributed by atoms with Gasteiger partial charge in [-0.25, -0.2) is 0 Å². The number of alkyl halides is 3. The lowest BCUT2D eigenvalue weighted by Crippen LogP contribution is -2.39. The summed E-state index contributed by atoms with van der Waals surface area (Å²) in [6, 6.07) is 9.73. The van der Waals surface area contributed by atoms with Crippen molar-refractivity contribution in [2.75, 3.05) is 12.1 Å². The first-order chi connectivity index (χ1) is 16.9. The maximum Gasteiger partial charge on any atom is 0.416 e. The number of carbonyl (C=O) groups is 2. The smallest absolute Gasteiger partial charge is 0.416 e. The first-order valence-electron chi connectivity index (χ1n) is 11.6. The van der Waals surface area contributed by atoms with E-state index in [9.17, 15) is 22.8 Å². The lowest BCUT2D eigenvalue weighted by molar-refractivity contribution is -0.137. The Morgan fingerprint density at radius 1 is 1.08 bits per heavy atom. The van der Waals surface area contributed by atoms with Crippen molar-refractivity contribution in [1.29, 1.82) is 0 Å². The number of halogens is 3. The van der Waals surface area contributed by atoms with E-state index in [0.717, 1.165) is 17.8 Å².